The first-order valence-corrected chi connectivity index (χ1v) is 6.89. The largest absolute Gasteiger partial charge is 0.399 e. The van der Waals surface area contributed by atoms with Gasteiger partial charge in [0.15, 0.2) is 0 Å². The van der Waals surface area contributed by atoms with Crippen LogP contribution in [0.1, 0.15) is 18.9 Å². The lowest BCUT2D eigenvalue weighted by Gasteiger charge is -2.21. The van der Waals surface area contributed by atoms with Crippen molar-refractivity contribution in [2.75, 3.05) is 45.8 Å². The summed E-state index contributed by atoms with van der Waals surface area (Å²) in [6.07, 6.45) is 1.15. The standard InChI is InChI=1S/C15H26N2O2/c1-3-8-17(9-10-19-12-11-18-2)13-14-4-6-15(16)7-5-14/h4-7H,3,8-13,16H2,1-2H3. The first kappa shape index (κ1) is 16.0. The number of hydrogen-bond acceptors (Lipinski definition) is 4. The number of benzene rings is 1. The second kappa shape index (κ2) is 9.78. The Labute approximate surface area is 116 Å². The molecule has 0 amide bonds. The molecule has 0 fully saturated rings. The third kappa shape index (κ3) is 7.15. The molecule has 0 unspecified atom stereocenters. The molecule has 2 N–H and O–H groups in total. The Morgan fingerprint density at radius 3 is 2.42 bits per heavy atom. The summed E-state index contributed by atoms with van der Waals surface area (Å²) in [5, 5.41) is 0. The first-order valence-electron chi connectivity index (χ1n) is 6.89. The Kier molecular flexibility index (Phi) is 8.21. The smallest absolute Gasteiger partial charge is 0.0700 e. The molecule has 4 heteroatoms. The van der Waals surface area contributed by atoms with Crippen LogP contribution in [0.25, 0.3) is 0 Å². The van der Waals surface area contributed by atoms with E-state index in [9.17, 15) is 0 Å². The SMILES string of the molecule is CCCN(CCOCCOC)Cc1ccc(N)cc1. The monoisotopic (exact) mass is 266 g/mol. The Morgan fingerprint density at radius 2 is 1.79 bits per heavy atom. The quantitative estimate of drug-likeness (QED) is 0.521. The lowest BCUT2D eigenvalue weighted by molar-refractivity contribution is 0.0560. The minimum atomic E-state index is 0.658. The summed E-state index contributed by atoms with van der Waals surface area (Å²) in [5.41, 5.74) is 7.80. The molecule has 0 bridgehead atoms. The van der Waals surface area contributed by atoms with Crippen molar-refractivity contribution >= 4 is 5.69 Å². The first-order chi connectivity index (χ1) is 9.26. The number of hydrogen-bond donors (Lipinski definition) is 1. The van der Waals surface area contributed by atoms with Gasteiger partial charge < -0.3 is 15.2 Å². The molecular weight excluding hydrogens is 240 g/mol. The third-order valence-corrected chi connectivity index (χ3v) is 2.91. The van der Waals surface area contributed by atoms with Gasteiger partial charge in [0.05, 0.1) is 19.8 Å². The van der Waals surface area contributed by atoms with Crippen molar-refractivity contribution in [1.29, 1.82) is 0 Å². The van der Waals surface area contributed by atoms with Crippen LogP contribution < -0.4 is 5.73 Å². The Hall–Kier alpha value is -1.10. The molecule has 0 saturated carbocycles. The van der Waals surface area contributed by atoms with Crippen LogP contribution in [-0.2, 0) is 16.0 Å². The molecule has 19 heavy (non-hydrogen) atoms. The molecule has 0 aliphatic rings. The maximum Gasteiger partial charge on any atom is 0.0700 e. The van der Waals surface area contributed by atoms with Gasteiger partial charge in [0.1, 0.15) is 0 Å². The molecular formula is C15H26N2O2. The van der Waals surface area contributed by atoms with E-state index in [4.69, 9.17) is 15.2 Å². The summed E-state index contributed by atoms with van der Waals surface area (Å²) in [7, 11) is 1.69. The van der Waals surface area contributed by atoms with Gasteiger partial charge in [-0.2, -0.15) is 0 Å². The van der Waals surface area contributed by atoms with Crippen LogP contribution >= 0.6 is 0 Å². The van der Waals surface area contributed by atoms with E-state index >= 15 is 0 Å². The van der Waals surface area contributed by atoms with Crippen LogP contribution in [0, 0.1) is 0 Å². The highest BCUT2D eigenvalue weighted by molar-refractivity contribution is 5.39. The second-order valence-corrected chi connectivity index (χ2v) is 4.62. The Bertz CT molecular complexity index is 327. The van der Waals surface area contributed by atoms with Gasteiger partial charge in [0.25, 0.3) is 0 Å². The highest BCUT2D eigenvalue weighted by Gasteiger charge is 2.05. The fourth-order valence-corrected chi connectivity index (χ4v) is 1.91. The van der Waals surface area contributed by atoms with Crippen molar-refractivity contribution in [3.05, 3.63) is 29.8 Å². The highest BCUT2D eigenvalue weighted by Crippen LogP contribution is 2.08. The number of methoxy groups -OCH3 is 1. The molecule has 0 aliphatic carbocycles. The van der Waals surface area contributed by atoms with Crippen LogP contribution in [-0.4, -0.2) is 44.9 Å². The van der Waals surface area contributed by atoms with Crippen molar-refractivity contribution in [3.63, 3.8) is 0 Å². The molecule has 0 saturated heterocycles. The van der Waals surface area contributed by atoms with E-state index in [-0.39, 0.29) is 0 Å². The average molecular weight is 266 g/mol. The molecule has 1 aromatic rings. The molecule has 0 heterocycles. The number of nitrogen functional groups attached to an aromatic ring is 1. The maximum atomic E-state index is 5.70. The van der Waals surface area contributed by atoms with Gasteiger partial charge >= 0.3 is 0 Å². The van der Waals surface area contributed by atoms with Crippen molar-refractivity contribution in [3.8, 4) is 0 Å². The fraction of sp³-hybridized carbons (Fsp3) is 0.600. The van der Waals surface area contributed by atoms with Gasteiger partial charge in [-0.05, 0) is 30.7 Å². The topological polar surface area (TPSA) is 47.7 Å². The summed E-state index contributed by atoms with van der Waals surface area (Å²) < 4.78 is 10.5. The van der Waals surface area contributed by atoms with Crippen molar-refractivity contribution < 1.29 is 9.47 Å². The lowest BCUT2D eigenvalue weighted by Crippen LogP contribution is -2.28. The van der Waals surface area contributed by atoms with E-state index in [1.54, 1.807) is 7.11 Å². The van der Waals surface area contributed by atoms with Crippen LogP contribution in [0.2, 0.25) is 0 Å². The molecule has 0 atom stereocenters. The minimum absolute atomic E-state index is 0.658. The van der Waals surface area contributed by atoms with Gasteiger partial charge in [-0.1, -0.05) is 19.1 Å². The van der Waals surface area contributed by atoms with Crippen molar-refractivity contribution in [1.82, 2.24) is 4.90 Å². The van der Waals surface area contributed by atoms with E-state index in [1.807, 2.05) is 12.1 Å². The second-order valence-electron chi connectivity index (χ2n) is 4.62. The third-order valence-electron chi connectivity index (χ3n) is 2.91. The Balaban J connectivity index is 2.33. The summed E-state index contributed by atoms with van der Waals surface area (Å²) in [4.78, 5) is 2.40. The highest BCUT2D eigenvalue weighted by atomic mass is 16.5. The molecule has 1 aromatic carbocycles. The van der Waals surface area contributed by atoms with Gasteiger partial charge in [0, 0.05) is 25.9 Å². The molecule has 0 spiro atoms. The van der Waals surface area contributed by atoms with Crippen LogP contribution in [0.3, 0.4) is 0 Å². The number of anilines is 1. The van der Waals surface area contributed by atoms with Gasteiger partial charge in [-0.15, -0.1) is 0 Å². The molecule has 0 radical (unpaired) electrons. The minimum Gasteiger partial charge on any atom is -0.399 e. The summed E-state index contributed by atoms with van der Waals surface area (Å²) in [6, 6.07) is 8.08. The van der Waals surface area contributed by atoms with E-state index in [0.29, 0.717) is 13.2 Å². The van der Waals surface area contributed by atoms with E-state index in [2.05, 4.69) is 24.0 Å². The van der Waals surface area contributed by atoms with Gasteiger partial charge in [-0.3, -0.25) is 4.90 Å². The summed E-state index contributed by atoms with van der Waals surface area (Å²) in [6.45, 7) is 7.24. The fourth-order valence-electron chi connectivity index (χ4n) is 1.91. The van der Waals surface area contributed by atoms with E-state index in [1.165, 1.54) is 5.56 Å². The molecule has 0 aliphatic heterocycles. The Morgan fingerprint density at radius 1 is 1.05 bits per heavy atom. The molecule has 0 aromatic heterocycles. The van der Waals surface area contributed by atoms with Crippen molar-refractivity contribution in [2.24, 2.45) is 0 Å². The normalized spacial score (nSPS) is 11.1. The van der Waals surface area contributed by atoms with Crippen LogP contribution in [0.5, 0.6) is 0 Å². The molecule has 1 rings (SSSR count). The van der Waals surface area contributed by atoms with Crippen LogP contribution in [0.4, 0.5) is 5.69 Å². The number of nitrogens with zero attached hydrogens (tertiary/aromatic N) is 1. The zero-order valence-electron chi connectivity index (χ0n) is 12.1. The number of nitrogens with two attached hydrogens (primary N) is 1. The summed E-state index contributed by atoms with van der Waals surface area (Å²) >= 11 is 0. The predicted octanol–water partition coefficient (Wildman–Crippen LogP) is 2.14. The molecule has 4 nitrogen and oxygen atoms in total. The summed E-state index contributed by atoms with van der Waals surface area (Å²) in [5.74, 6) is 0. The number of ether oxygens (including phenoxy) is 2. The number of rotatable bonds is 10. The van der Waals surface area contributed by atoms with Crippen LogP contribution in [0.15, 0.2) is 24.3 Å². The van der Waals surface area contributed by atoms with E-state index in [0.717, 1.165) is 38.3 Å². The van der Waals surface area contributed by atoms with Crippen molar-refractivity contribution in [2.45, 2.75) is 19.9 Å². The lowest BCUT2D eigenvalue weighted by atomic mass is 10.2. The van der Waals surface area contributed by atoms with Gasteiger partial charge in [0.2, 0.25) is 0 Å². The van der Waals surface area contributed by atoms with Gasteiger partial charge in [-0.25, -0.2) is 0 Å². The average Bonchev–Trinajstić information content (AvgIpc) is 2.41. The maximum absolute atomic E-state index is 5.70. The predicted molar refractivity (Wildman–Crippen MR) is 79.1 cm³/mol. The van der Waals surface area contributed by atoms with E-state index < -0.39 is 0 Å². The molecule has 108 valence electrons. The zero-order valence-corrected chi connectivity index (χ0v) is 12.1. The zero-order chi connectivity index (χ0) is 13.9.